The number of hydrogen-bond acceptors (Lipinski definition) is 5. The van der Waals surface area contributed by atoms with Crippen LogP contribution in [0.5, 0.6) is 5.75 Å². The Bertz CT molecular complexity index is 1230. The van der Waals surface area contributed by atoms with Gasteiger partial charge in [0, 0.05) is 23.5 Å². The fraction of sp³-hybridized carbons (Fsp3) is 0.0526. The van der Waals surface area contributed by atoms with Crippen molar-refractivity contribution in [3.05, 3.63) is 67.0 Å². The van der Waals surface area contributed by atoms with E-state index in [-0.39, 0.29) is 4.90 Å². The summed E-state index contributed by atoms with van der Waals surface area (Å²) in [5.41, 5.74) is 2.17. The molecule has 0 atom stereocenters. The van der Waals surface area contributed by atoms with E-state index in [4.69, 9.17) is 14.9 Å². The van der Waals surface area contributed by atoms with Crippen LogP contribution in [0.15, 0.2) is 71.9 Å². The van der Waals surface area contributed by atoms with E-state index in [1.807, 2.05) is 34.9 Å². The number of fused-ring (bicyclic) bond motifs is 1. The lowest BCUT2D eigenvalue weighted by atomic mass is 10.2. The van der Waals surface area contributed by atoms with E-state index in [1.165, 1.54) is 12.1 Å². The maximum absolute atomic E-state index is 11.4. The van der Waals surface area contributed by atoms with Gasteiger partial charge in [-0.05, 0) is 36.4 Å². The third-order valence-corrected chi connectivity index (χ3v) is 5.15. The number of para-hydroxylation sites is 1. The number of primary sulfonamides is 1. The van der Waals surface area contributed by atoms with E-state index in [9.17, 15) is 8.42 Å². The van der Waals surface area contributed by atoms with Crippen LogP contribution in [0, 0.1) is 0 Å². The number of hydrogen-bond donors (Lipinski definition) is 1. The smallest absolute Gasteiger partial charge is 0.238 e. The number of ether oxygens (including phenoxy) is 1. The predicted molar refractivity (Wildman–Crippen MR) is 102 cm³/mol. The maximum Gasteiger partial charge on any atom is 0.238 e. The highest BCUT2D eigenvalue weighted by Crippen LogP contribution is 2.27. The summed E-state index contributed by atoms with van der Waals surface area (Å²) in [5, 5.41) is 6.12. The summed E-state index contributed by atoms with van der Waals surface area (Å²) in [4.78, 5) is 9.18. The number of pyridine rings is 1. The van der Waals surface area contributed by atoms with Gasteiger partial charge in [0.1, 0.15) is 17.0 Å². The summed E-state index contributed by atoms with van der Waals surface area (Å²) in [6.07, 6.45) is 3.45. The molecule has 2 aromatic heterocycles. The quantitative estimate of drug-likeness (QED) is 0.587. The fourth-order valence-corrected chi connectivity index (χ4v) is 3.42. The van der Waals surface area contributed by atoms with Gasteiger partial charge >= 0.3 is 0 Å². The molecule has 4 rings (SSSR count). The molecule has 2 aromatic carbocycles. The number of rotatable bonds is 4. The first-order valence-corrected chi connectivity index (χ1v) is 9.63. The summed E-state index contributed by atoms with van der Waals surface area (Å²) in [6.45, 7) is 0. The van der Waals surface area contributed by atoms with Gasteiger partial charge in [0.25, 0.3) is 0 Å². The molecule has 0 amide bonds. The lowest BCUT2D eigenvalue weighted by Crippen LogP contribution is -2.12. The predicted octanol–water partition coefficient (Wildman–Crippen LogP) is 2.74. The van der Waals surface area contributed by atoms with Crippen molar-refractivity contribution in [3.8, 4) is 23.0 Å². The van der Waals surface area contributed by atoms with E-state index in [0.29, 0.717) is 17.3 Å². The van der Waals surface area contributed by atoms with Crippen molar-refractivity contribution in [2.45, 2.75) is 4.90 Å². The molecule has 0 aliphatic carbocycles. The average molecular weight is 380 g/mol. The van der Waals surface area contributed by atoms with Gasteiger partial charge in [-0.15, -0.1) is 0 Å². The van der Waals surface area contributed by atoms with E-state index >= 15 is 0 Å². The number of sulfonamides is 1. The molecule has 7 nitrogen and oxygen atoms in total. The van der Waals surface area contributed by atoms with E-state index in [1.54, 1.807) is 31.6 Å². The SMILES string of the molecule is COc1cccc2ccc(-c3nccn3-c3ccc(S(N)(=O)=O)cc3)nc12. The Morgan fingerprint density at radius 2 is 1.81 bits per heavy atom. The van der Waals surface area contributed by atoms with Crippen molar-refractivity contribution in [1.82, 2.24) is 14.5 Å². The van der Waals surface area contributed by atoms with Crippen molar-refractivity contribution in [3.63, 3.8) is 0 Å². The second-order valence-electron chi connectivity index (χ2n) is 5.89. The van der Waals surface area contributed by atoms with Crippen LogP contribution in [0.25, 0.3) is 28.1 Å². The van der Waals surface area contributed by atoms with Crippen molar-refractivity contribution in [1.29, 1.82) is 0 Å². The second-order valence-corrected chi connectivity index (χ2v) is 7.45. The summed E-state index contributed by atoms with van der Waals surface area (Å²) in [5.74, 6) is 1.32. The number of nitrogens with two attached hydrogens (primary N) is 1. The molecule has 8 heteroatoms. The Balaban J connectivity index is 1.81. The van der Waals surface area contributed by atoms with Gasteiger partial charge in [0.05, 0.1) is 12.0 Å². The summed E-state index contributed by atoms with van der Waals surface area (Å²) >= 11 is 0. The highest BCUT2D eigenvalue weighted by atomic mass is 32.2. The normalized spacial score (nSPS) is 11.6. The minimum absolute atomic E-state index is 0.0569. The molecular weight excluding hydrogens is 364 g/mol. The van der Waals surface area contributed by atoms with Crippen LogP contribution < -0.4 is 9.88 Å². The molecule has 0 saturated heterocycles. The molecule has 136 valence electrons. The molecular formula is C19H16N4O3S. The molecule has 0 aliphatic rings. The molecule has 0 radical (unpaired) electrons. The zero-order valence-corrected chi connectivity index (χ0v) is 15.2. The Kier molecular flexibility index (Phi) is 4.14. The molecule has 0 saturated carbocycles. The van der Waals surface area contributed by atoms with E-state index < -0.39 is 10.0 Å². The van der Waals surface area contributed by atoms with Gasteiger partial charge in [0.2, 0.25) is 10.0 Å². The number of nitrogens with zero attached hydrogens (tertiary/aromatic N) is 3. The van der Waals surface area contributed by atoms with Gasteiger partial charge < -0.3 is 4.74 Å². The summed E-state index contributed by atoms with van der Waals surface area (Å²) < 4.78 is 30.1. The van der Waals surface area contributed by atoms with Crippen molar-refractivity contribution >= 4 is 20.9 Å². The summed E-state index contributed by atoms with van der Waals surface area (Å²) in [6, 6.07) is 15.9. The first kappa shape index (κ1) is 17.2. The number of imidazole rings is 1. The molecule has 0 aliphatic heterocycles. The van der Waals surface area contributed by atoms with E-state index in [2.05, 4.69) is 4.98 Å². The van der Waals surface area contributed by atoms with Crippen LogP contribution >= 0.6 is 0 Å². The second kappa shape index (κ2) is 6.49. The molecule has 0 bridgehead atoms. The van der Waals surface area contributed by atoms with Crippen molar-refractivity contribution in [2.24, 2.45) is 5.14 Å². The minimum atomic E-state index is -3.73. The largest absolute Gasteiger partial charge is 0.494 e. The molecule has 0 fully saturated rings. The molecule has 4 aromatic rings. The Morgan fingerprint density at radius 1 is 1.04 bits per heavy atom. The first-order valence-electron chi connectivity index (χ1n) is 8.08. The number of methoxy groups -OCH3 is 1. The van der Waals surface area contributed by atoms with E-state index in [0.717, 1.165) is 16.6 Å². The molecule has 0 spiro atoms. The lowest BCUT2D eigenvalue weighted by Gasteiger charge is -2.10. The molecule has 0 unspecified atom stereocenters. The van der Waals surface area contributed by atoms with Crippen LogP contribution in [0.4, 0.5) is 0 Å². The highest BCUT2D eigenvalue weighted by Gasteiger charge is 2.13. The lowest BCUT2D eigenvalue weighted by molar-refractivity contribution is 0.419. The highest BCUT2D eigenvalue weighted by molar-refractivity contribution is 7.89. The maximum atomic E-state index is 11.4. The Morgan fingerprint density at radius 3 is 2.52 bits per heavy atom. The molecule has 2 heterocycles. The Hall–Kier alpha value is -3.23. The zero-order valence-electron chi connectivity index (χ0n) is 14.4. The van der Waals surface area contributed by atoms with Gasteiger partial charge in [-0.3, -0.25) is 4.57 Å². The summed E-state index contributed by atoms with van der Waals surface area (Å²) in [7, 11) is -2.13. The topological polar surface area (TPSA) is 100 Å². The molecule has 27 heavy (non-hydrogen) atoms. The standard InChI is InChI=1S/C19H16N4O3S/c1-26-17-4-2-3-13-5-10-16(22-18(13)17)19-21-11-12-23(19)14-6-8-15(9-7-14)27(20,24)25/h2-12H,1H3,(H2,20,24,25). The third kappa shape index (κ3) is 3.16. The van der Waals surface area contributed by atoms with Gasteiger partial charge in [0.15, 0.2) is 5.82 Å². The number of aromatic nitrogens is 3. The third-order valence-electron chi connectivity index (χ3n) is 4.22. The van der Waals surface area contributed by atoms with Crippen LogP contribution in [-0.4, -0.2) is 30.1 Å². The average Bonchev–Trinajstić information content (AvgIpc) is 3.16. The van der Waals surface area contributed by atoms with Crippen molar-refractivity contribution in [2.75, 3.05) is 7.11 Å². The van der Waals surface area contributed by atoms with Gasteiger partial charge in [-0.1, -0.05) is 18.2 Å². The first-order chi connectivity index (χ1) is 13.0. The van der Waals surface area contributed by atoms with Gasteiger partial charge in [-0.2, -0.15) is 0 Å². The Labute approximate surface area is 156 Å². The number of benzene rings is 2. The molecule has 2 N–H and O–H groups in total. The van der Waals surface area contributed by atoms with Crippen molar-refractivity contribution < 1.29 is 13.2 Å². The van der Waals surface area contributed by atoms with Gasteiger partial charge in [-0.25, -0.2) is 23.5 Å². The zero-order chi connectivity index (χ0) is 19.0. The minimum Gasteiger partial charge on any atom is -0.494 e. The van der Waals surface area contributed by atoms with Crippen LogP contribution in [-0.2, 0) is 10.0 Å². The van der Waals surface area contributed by atoms with Crippen LogP contribution in [0.3, 0.4) is 0 Å². The van der Waals surface area contributed by atoms with Crippen LogP contribution in [0.1, 0.15) is 0 Å². The fourth-order valence-electron chi connectivity index (χ4n) is 2.91. The monoisotopic (exact) mass is 380 g/mol. The van der Waals surface area contributed by atoms with Crippen LogP contribution in [0.2, 0.25) is 0 Å².